The summed E-state index contributed by atoms with van der Waals surface area (Å²) in [7, 11) is 0. The highest BCUT2D eigenvalue weighted by Gasteiger charge is 2.56. The molecule has 4 fully saturated rings. The second kappa shape index (κ2) is 9.99. The SMILES string of the molecule is C[C@@H]1[C@H]2C[C@@H](C[C@H]1Nc1cnn(CC(=O)NC[C@@H]3CCN(C(=O)OC(C)(C)C)C3)c(=O)c1Br)C2(C)C. The number of carbonyl (C=O) groups excluding carboxylic acids is 2. The van der Waals surface area contributed by atoms with Crippen molar-refractivity contribution in [2.45, 2.75) is 79.0 Å². The van der Waals surface area contributed by atoms with E-state index < -0.39 is 5.60 Å². The Morgan fingerprint density at radius 2 is 2.00 bits per heavy atom. The summed E-state index contributed by atoms with van der Waals surface area (Å²) in [5, 5.41) is 10.7. The minimum Gasteiger partial charge on any atom is -0.444 e. The van der Waals surface area contributed by atoms with Crippen LogP contribution in [0.1, 0.15) is 60.8 Å². The zero-order valence-corrected chi connectivity index (χ0v) is 23.9. The first-order valence-corrected chi connectivity index (χ1v) is 13.8. The lowest BCUT2D eigenvalue weighted by atomic mass is 9.45. The normalized spacial score (nSPS) is 28.9. The third-order valence-electron chi connectivity index (χ3n) is 8.50. The van der Waals surface area contributed by atoms with E-state index in [1.54, 1.807) is 11.1 Å². The molecule has 2 heterocycles. The van der Waals surface area contributed by atoms with Crippen LogP contribution in [-0.2, 0) is 16.1 Å². The fraction of sp³-hybridized carbons (Fsp3) is 0.769. The van der Waals surface area contributed by atoms with Gasteiger partial charge >= 0.3 is 6.09 Å². The number of hydrogen-bond donors (Lipinski definition) is 2. The number of rotatable bonds is 6. The third kappa shape index (κ3) is 5.58. The molecular formula is C26H40BrN5O4. The van der Waals surface area contributed by atoms with Crippen LogP contribution < -0.4 is 16.2 Å². The van der Waals surface area contributed by atoms with Crippen molar-refractivity contribution in [1.29, 1.82) is 0 Å². The summed E-state index contributed by atoms with van der Waals surface area (Å²) >= 11 is 3.43. The molecule has 0 spiro atoms. The van der Waals surface area contributed by atoms with Gasteiger partial charge in [0.25, 0.3) is 5.56 Å². The van der Waals surface area contributed by atoms with Crippen molar-refractivity contribution < 1.29 is 14.3 Å². The lowest BCUT2D eigenvalue weighted by Crippen LogP contribution is -2.58. The maximum atomic E-state index is 12.9. The van der Waals surface area contributed by atoms with E-state index in [9.17, 15) is 14.4 Å². The largest absolute Gasteiger partial charge is 0.444 e. The van der Waals surface area contributed by atoms with Crippen LogP contribution in [0.2, 0.25) is 0 Å². The number of amides is 2. The number of nitrogens with one attached hydrogen (secondary N) is 2. The number of nitrogens with zero attached hydrogens (tertiary/aromatic N) is 3. The van der Waals surface area contributed by atoms with Gasteiger partial charge < -0.3 is 20.3 Å². The Balaban J connectivity index is 1.27. The quantitative estimate of drug-likeness (QED) is 0.542. The molecule has 0 radical (unpaired) electrons. The minimum atomic E-state index is -0.533. The Labute approximate surface area is 221 Å². The lowest BCUT2D eigenvalue weighted by molar-refractivity contribution is -0.122. The molecule has 4 aliphatic rings. The fourth-order valence-electron chi connectivity index (χ4n) is 6.16. The monoisotopic (exact) mass is 565 g/mol. The molecule has 36 heavy (non-hydrogen) atoms. The van der Waals surface area contributed by atoms with E-state index in [4.69, 9.17) is 4.74 Å². The average molecular weight is 567 g/mol. The molecule has 1 aromatic heterocycles. The van der Waals surface area contributed by atoms with Crippen molar-refractivity contribution in [1.82, 2.24) is 20.0 Å². The Hall–Kier alpha value is -2.10. The first-order valence-electron chi connectivity index (χ1n) is 13.0. The van der Waals surface area contributed by atoms with Gasteiger partial charge in [-0.1, -0.05) is 20.8 Å². The predicted octanol–water partition coefficient (Wildman–Crippen LogP) is 3.86. The molecule has 200 valence electrons. The Kier molecular flexibility index (Phi) is 7.48. The number of hydrogen-bond acceptors (Lipinski definition) is 6. The van der Waals surface area contributed by atoms with E-state index in [2.05, 4.69) is 52.4 Å². The van der Waals surface area contributed by atoms with E-state index in [0.29, 0.717) is 59.0 Å². The molecule has 0 unspecified atom stereocenters. The van der Waals surface area contributed by atoms with Crippen molar-refractivity contribution in [2.24, 2.45) is 29.1 Å². The topological polar surface area (TPSA) is 106 Å². The van der Waals surface area contributed by atoms with E-state index in [1.165, 1.54) is 11.1 Å². The van der Waals surface area contributed by atoms with Crippen LogP contribution in [0.3, 0.4) is 0 Å². The molecule has 3 saturated carbocycles. The van der Waals surface area contributed by atoms with Gasteiger partial charge in [-0.25, -0.2) is 9.48 Å². The van der Waals surface area contributed by atoms with E-state index in [-0.39, 0.29) is 30.0 Å². The van der Waals surface area contributed by atoms with Crippen LogP contribution in [0.4, 0.5) is 10.5 Å². The van der Waals surface area contributed by atoms with Crippen LogP contribution in [0, 0.1) is 29.1 Å². The van der Waals surface area contributed by atoms with Gasteiger partial charge in [0.1, 0.15) is 16.6 Å². The molecule has 10 heteroatoms. The van der Waals surface area contributed by atoms with Crippen LogP contribution in [0.5, 0.6) is 0 Å². The molecule has 2 amide bonds. The standard InChI is InChI=1S/C26H40BrN5O4/c1-15-18-9-17(26(18,5)6)10-19(15)30-20-12-29-32(23(34)22(20)27)14-21(33)28-11-16-7-8-31(13-16)24(35)36-25(2,3)4/h12,15-19,30H,7-11,13-14H2,1-6H3,(H,28,33)/t15-,16+,17+,18-,19-/m1/s1. The number of carbonyl (C=O) groups is 2. The smallest absolute Gasteiger partial charge is 0.410 e. The average Bonchev–Trinajstić information content (AvgIpc) is 3.26. The number of fused-ring (bicyclic) bond motifs is 2. The summed E-state index contributed by atoms with van der Waals surface area (Å²) in [5.74, 6) is 1.80. The summed E-state index contributed by atoms with van der Waals surface area (Å²) in [4.78, 5) is 39.3. The van der Waals surface area contributed by atoms with Crippen molar-refractivity contribution in [3.63, 3.8) is 0 Å². The lowest BCUT2D eigenvalue weighted by Gasteiger charge is -2.62. The molecule has 5 atom stereocenters. The van der Waals surface area contributed by atoms with Crippen LogP contribution in [0.25, 0.3) is 0 Å². The van der Waals surface area contributed by atoms with Gasteiger partial charge in [0.2, 0.25) is 5.91 Å². The third-order valence-corrected chi connectivity index (χ3v) is 9.27. The number of anilines is 1. The second-order valence-electron chi connectivity index (χ2n) is 12.4. The second-order valence-corrected chi connectivity index (χ2v) is 13.2. The molecule has 9 nitrogen and oxygen atoms in total. The van der Waals surface area contributed by atoms with E-state index >= 15 is 0 Å². The maximum absolute atomic E-state index is 12.9. The molecule has 3 aliphatic carbocycles. The zero-order valence-electron chi connectivity index (χ0n) is 22.3. The van der Waals surface area contributed by atoms with Crippen LogP contribution in [0.15, 0.2) is 15.5 Å². The Bertz CT molecular complexity index is 1070. The molecule has 1 saturated heterocycles. The molecule has 1 aliphatic heterocycles. The van der Waals surface area contributed by atoms with Crippen LogP contribution >= 0.6 is 15.9 Å². The molecular weight excluding hydrogens is 526 g/mol. The van der Waals surface area contributed by atoms with Gasteiger partial charge in [-0.2, -0.15) is 5.10 Å². The molecule has 5 rings (SSSR count). The Morgan fingerprint density at radius 3 is 2.64 bits per heavy atom. The van der Waals surface area contributed by atoms with Crippen molar-refractivity contribution in [3.05, 3.63) is 21.0 Å². The van der Waals surface area contributed by atoms with Crippen molar-refractivity contribution in [2.75, 3.05) is 25.0 Å². The van der Waals surface area contributed by atoms with Crippen LogP contribution in [-0.4, -0.2) is 58.0 Å². The summed E-state index contributed by atoms with van der Waals surface area (Å²) in [6.07, 6.45) is 4.49. The predicted molar refractivity (Wildman–Crippen MR) is 142 cm³/mol. The van der Waals surface area contributed by atoms with Gasteiger partial charge in [-0.15, -0.1) is 0 Å². The fourth-order valence-corrected chi connectivity index (χ4v) is 6.58. The highest BCUT2D eigenvalue weighted by Crippen LogP contribution is 2.61. The van der Waals surface area contributed by atoms with Gasteiger partial charge in [0, 0.05) is 25.7 Å². The first kappa shape index (κ1) is 26.9. The molecule has 0 aromatic carbocycles. The number of aromatic nitrogens is 2. The first-order chi connectivity index (χ1) is 16.8. The molecule has 1 aromatic rings. The van der Waals surface area contributed by atoms with Gasteiger partial charge in [0.15, 0.2) is 0 Å². The number of halogens is 1. The van der Waals surface area contributed by atoms with E-state index in [0.717, 1.165) is 12.8 Å². The summed E-state index contributed by atoms with van der Waals surface area (Å²) in [6.45, 7) is 14.0. The number of ether oxygens (including phenoxy) is 1. The highest BCUT2D eigenvalue weighted by atomic mass is 79.9. The van der Waals surface area contributed by atoms with Gasteiger partial charge in [0.05, 0.1) is 11.9 Å². The Morgan fingerprint density at radius 1 is 1.28 bits per heavy atom. The number of likely N-dealkylation sites (tertiary alicyclic amines) is 1. The zero-order chi connectivity index (χ0) is 26.4. The highest BCUT2D eigenvalue weighted by molar-refractivity contribution is 9.10. The summed E-state index contributed by atoms with van der Waals surface area (Å²) in [6, 6.07) is 0.310. The minimum absolute atomic E-state index is 0.151. The maximum Gasteiger partial charge on any atom is 0.410 e. The van der Waals surface area contributed by atoms with Crippen molar-refractivity contribution >= 4 is 33.6 Å². The van der Waals surface area contributed by atoms with Crippen molar-refractivity contribution in [3.8, 4) is 0 Å². The summed E-state index contributed by atoms with van der Waals surface area (Å²) < 4.78 is 7.00. The van der Waals surface area contributed by atoms with Gasteiger partial charge in [-0.3, -0.25) is 9.59 Å². The molecule has 2 N–H and O–H groups in total. The molecule has 2 bridgehead atoms. The van der Waals surface area contributed by atoms with E-state index in [1.807, 2.05) is 20.8 Å². The summed E-state index contributed by atoms with van der Waals surface area (Å²) in [5.41, 5.74) is 0.215. The van der Waals surface area contributed by atoms with Gasteiger partial charge in [-0.05, 0) is 85.1 Å².